The minimum Gasteiger partial charge on any atom is -0.394 e. The van der Waals surface area contributed by atoms with Gasteiger partial charge in [0, 0.05) is 5.92 Å². The molecule has 0 aromatic heterocycles. The number of fused-ring (bicyclic) bond motifs is 1. The second-order valence-electron chi connectivity index (χ2n) is 5.99. The lowest BCUT2D eigenvalue weighted by Crippen LogP contribution is -2.34. The summed E-state index contributed by atoms with van der Waals surface area (Å²) in [7, 11) is 0. The molecule has 2 heterocycles. The van der Waals surface area contributed by atoms with E-state index in [1.54, 1.807) is 0 Å². The molecule has 0 spiro atoms. The van der Waals surface area contributed by atoms with E-state index in [0.29, 0.717) is 13.2 Å². The summed E-state index contributed by atoms with van der Waals surface area (Å²) >= 11 is 0. The van der Waals surface area contributed by atoms with Crippen molar-refractivity contribution in [2.75, 3.05) is 13.2 Å². The zero-order chi connectivity index (χ0) is 14.9. The van der Waals surface area contributed by atoms with Gasteiger partial charge in [0.25, 0.3) is 0 Å². The lowest BCUT2D eigenvalue weighted by Gasteiger charge is -2.24. The number of benzene rings is 1. The first-order valence-corrected chi connectivity index (χ1v) is 7.33. The summed E-state index contributed by atoms with van der Waals surface area (Å²) in [5.74, 6) is -0.668. The van der Waals surface area contributed by atoms with Gasteiger partial charge in [0.1, 0.15) is 6.10 Å². The van der Waals surface area contributed by atoms with Crippen molar-refractivity contribution in [3.05, 3.63) is 35.9 Å². The zero-order valence-electron chi connectivity index (χ0n) is 12.4. The van der Waals surface area contributed by atoms with Gasteiger partial charge in [-0.3, -0.25) is 0 Å². The van der Waals surface area contributed by atoms with Crippen LogP contribution in [0.3, 0.4) is 0 Å². The van der Waals surface area contributed by atoms with E-state index in [1.807, 2.05) is 44.2 Å². The smallest absolute Gasteiger partial charge is 0.188 e. The average Bonchev–Trinajstić information content (AvgIpc) is 2.92. The number of hydrogen-bond acceptors (Lipinski definition) is 5. The molecule has 2 saturated heterocycles. The third-order valence-corrected chi connectivity index (χ3v) is 3.90. The fourth-order valence-corrected chi connectivity index (χ4v) is 2.90. The molecule has 0 aliphatic carbocycles. The van der Waals surface area contributed by atoms with E-state index in [2.05, 4.69) is 0 Å². The van der Waals surface area contributed by atoms with E-state index in [9.17, 15) is 5.11 Å². The second kappa shape index (κ2) is 6.02. The third-order valence-electron chi connectivity index (χ3n) is 3.90. The molecule has 1 N–H and O–H groups in total. The topological polar surface area (TPSA) is 57.2 Å². The van der Waals surface area contributed by atoms with Crippen molar-refractivity contribution in [3.63, 3.8) is 0 Å². The Morgan fingerprint density at radius 1 is 1.19 bits per heavy atom. The maximum absolute atomic E-state index is 9.45. The highest BCUT2D eigenvalue weighted by molar-refractivity contribution is 5.13. The van der Waals surface area contributed by atoms with Crippen LogP contribution in [0.2, 0.25) is 0 Å². The molecule has 2 fully saturated rings. The molecule has 0 bridgehead atoms. The Bertz CT molecular complexity index is 461. The summed E-state index contributed by atoms with van der Waals surface area (Å²) in [5, 5.41) is 9.45. The van der Waals surface area contributed by atoms with Crippen molar-refractivity contribution in [2.45, 2.75) is 44.7 Å². The van der Waals surface area contributed by atoms with Gasteiger partial charge < -0.3 is 24.1 Å². The number of ether oxygens (including phenoxy) is 4. The lowest BCUT2D eigenvalue weighted by atomic mass is 10.00. The fourth-order valence-electron chi connectivity index (χ4n) is 2.90. The molecule has 2 aliphatic heterocycles. The fraction of sp³-hybridized carbons (Fsp3) is 0.625. The third kappa shape index (κ3) is 3.27. The lowest BCUT2D eigenvalue weighted by molar-refractivity contribution is -0.215. The van der Waals surface area contributed by atoms with Crippen LogP contribution in [0, 0.1) is 5.92 Å². The SMILES string of the molecule is CC1(C)O[C@H]2O[C@@H](CO)[C@@H](COCc3ccccc3)[C@H]2O1. The summed E-state index contributed by atoms with van der Waals surface area (Å²) < 4.78 is 23.1. The maximum Gasteiger partial charge on any atom is 0.188 e. The van der Waals surface area contributed by atoms with Crippen LogP contribution in [0.4, 0.5) is 0 Å². The molecule has 0 radical (unpaired) electrons. The molecule has 5 nitrogen and oxygen atoms in total. The molecule has 5 heteroatoms. The van der Waals surface area contributed by atoms with E-state index >= 15 is 0 Å². The Morgan fingerprint density at radius 3 is 2.67 bits per heavy atom. The van der Waals surface area contributed by atoms with Gasteiger partial charge >= 0.3 is 0 Å². The average molecular weight is 294 g/mol. The van der Waals surface area contributed by atoms with Crippen LogP contribution in [0.25, 0.3) is 0 Å². The Kier molecular flexibility index (Phi) is 4.28. The molecular formula is C16H22O5. The Labute approximate surface area is 124 Å². The molecule has 0 unspecified atom stereocenters. The molecule has 4 atom stereocenters. The van der Waals surface area contributed by atoms with Crippen LogP contribution in [0.5, 0.6) is 0 Å². The summed E-state index contributed by atoms with van der Waals surface area (Å²) in [4.78, 5) is 0. The van der Waals surface area contributed by atoms with Crippen molar-refractivity contribution < 1.29 is 24.1 Å². The van der Waals surface area contributed by atoms with Crippen LogP contribution in [0.15, 0.2) is 30.3 Å². The van der Waals surface area contributed by atoms with Crippen molar-refractivity contribution in [1.29, 1.82) is 0 Å². The normalized spacial score (nSPS) is 34.0. The van der Waals surface area contributed by atoms with Gasteiger partial charge in [0.05, 0.1) is 25.9 Å². The first-order chi connectivity index (χ1) is 10.1. The van der Waals surface area contributed by atoms with Crippen LogP contribution in [0.1, 0.15) is 19.4 Å². The first kappa shape index (κ1) is 14.9. The van der Waals surface area contributed by atoms with Gasteiger partial charge in [-0.2, -0.15) is 0 Å². The van der Waals surface area contributed by atoms with Crippen LogP contribution in [-0.2, 0) is 25.6 Å². The van der Waals surface area contributed by atoms with E-state index in [1.165, 1.54) is 0 Å². The van der Waals surface area contributed by atoms with Gasteiger partial charge in [-0.25, -0.2) is 0 Å². The first-order valence-electron chi connectivity index (χ1n) is 7.33. The summed E-state index contributed by atoms with van der Waals surface area (Å²) in [6.07, 6.45) is -0.901. The van der Waals surface area contributed by atoms with E-state index < -0.39 is 12.1 Å². The minimum absolute atomic E-state index is 0.0227. The molecule has 3 rings (SSSR count). The van der Waals surface area contributed by atoms with E-state index in [-0.39, 0.29) is 24.7 Å². The molecule has 116 valence electrons. The molecule has 1 aromatic carbocycles. The molecule has 0 saturated carbocycles. The molecular weight excluding hydrogens is 272 g/mol. The highest BCUT2D eigenvalue weighted by atomic mass is 16.8. The van der Waals surface area contributed by atoms with Crippen LogP contribution in [-0.4, -0.2) is 42.6 Å². The second-order valence-corrected chi connectivity index (χ2v) is 5.99. The number of hydrogen-bond donors (Lipinski definition) is 1. The van der Waals surface area contributed by atoms with Crippen LogP contribution >= 0.6 is 0 Å². The number of rotatable bonds is 5. The van der Waals surface area contributed by atoms with Crippen LogP contribution < -0.4 is 0 Å². The van der Waals surface area contributed by atoms with Gasteiger partial charge in [0.2, 0.25) is 0 Å². The summed E-state index contributed by atoms with van der Waals surface area (Å²) in [5.41, 5.74) is 1.12. The monoisotopic (exact) mass is 294 g/mol. The number of aliphatic hydroxyl groups is 1. The molecule has 21 heavy (non-hydrogen) atoms. The Balaban J connectivity index is 1.57. The predicted molar refractivity (Wildman–Crippen MR) is 75.4 cm³/mol. The van der Waals surface area contributed by atoms with E-state index in [0.717, 1.165) is 5.56 Å². The van der Waals surface area contributed by atoms with Crippen molar-refractivity contribution in [3.8, 4) is 0 Å². The molecule has 0 amide bonds. The van der Waals surface area contributed by atoms with Crippen molar-refractivity contribution >= 4 is 0 Å². The van der Waals surface area contributed by atoms with Gasteiger partial charge in [-0.1, -0.05) is 30.3 Å². The minimum atomic E-state index is -0.645. The predicted octanol–water partition coefficient (Wildman–Crippen LogP) is 1.69. The maximum atomic E-state index is 9.45. The van der Waals surface area contributed by atoms with Crippen molar-refractivity contribution in [2.24, 2.45) is 5.92 Å². The molecule has 2 aliphatic rings. The largest absolute Gasteiger partial charge is 0.394 e. The highest BCUT2D eigenvalue weighted by Gasteiger charge is 2.54. The summed E-state index contributed by atoms with van der Waals surface area (Å²) in [6, 6.07) is 10.00. The highest BCUT2D eigenvalue weighted by Crippen LogP contribution is 2.40. The zero-order valence-corrected chi connectivity index (χ0v) is 12.4. The number of aliphatic hydroxyl groups excluding tert-OH is 1. The van der Waals surface area contributed by atoms with E-state index in [4.69, 9.17) is 18.9 Å². The molecule has 1 aromatic rings. The van der Waals surface area contributed by atoms with Crippen molar-refractivity contribution in [1.82, 2.24) is 0 Å². The standard InChI is InChI=1S/C16H22O5/c1-16(2)20-14-12(13(8-17)19-15(14)21-16)10-18-9-11-6-4-3-5-7-11/h3-7,12-15,17H,8-10H2,1-2H3/t12-,13+,14-,15-/m1/s1. The van der Waals surface area contributed by atoms with Gasteiger partial charge in [-0.15, -0.1) is 0 Å². The van der Waals surface area contributed by atoms with Gasteiger partial charge in [-0.05, 0) is 19.4 Å². The quantitative estimate of drug-likeness (QED) is 0.895. The Hall–Kier alpha value is -0.980. The summed E-state index contributed by atoms with van der Waals surface area (Å²) in [6.45, 7) is 4.69. The van der Waals surface area contributed by atoms with Gasteiger partial charge in [0.15, 0.2) is 12.1 Å². The Morgan fingerprint density at radius 2 is 1.95 bits per heavy atom.